The molecule has 0 saturated carbocycles. The van der Waals surface area contributed by atoms with Crippen molar-refractivity contribution in [2.24, 2.45) is 0 Å². The number of hydrogen-bond donors (Lipinski definition) is 1. The SMILES string of the molecule is CCOc1ccc([C@@H](C)NC(=O)c2ccc(C)c([N+](=O)[O-])c2)cc1. The van der Waals surface area contributed by atoms with Crippen LogP contribution >= 0.6 is 0 Å². The summed E-state index contributed by atoms with van der Waals surface area (Å²) >= 11 is 0. The van der Waals surface area contributed by atoms with Crippen LogP contribution in [0.5, 0.6) is 5.75 Å². The fraction of sp³-hybridized carbons (Fsp3) is 0.278. The molecule has 6 nitrogen and oxygen atoms in total. The van der Waals surface area contributed by atoms with Gasteiger partial charge in [0.2, 0.25) is 0 Å². The van der Waals surface area contributed by atoms with Crippen LogP contribution in [-0.4, -0.2) is 17.4 Å². The third-order valence-corrected chi connectivity index (χ3v) is 3.71. The fourth-order valence-electron chi connectivity index (χ4n) is 2.33. The van der Waals surface area contributed by atoms with Gasteiger partial charge in [0.1, 0.15) is 5.75 Å². The van der Waals surface area contributed by atoms with Gasteiger partial charge in [-0.15, -0.1) is 0 Å². The van der Waals surface area contributed by atoms with Gasteiger partial charge >= 0.3 is 0 Å². The van der Waals surface area contributed by atoms with E-state index in [4.69, 9.17) is 4.74 Å². The Labute approximate surface area is 140 Å². The Bertz CT molecular complexity index is 741. The number of nitrogens with one attached hydrogen (secondary N) is 1. The quantitative estimate of drug-likeness (QED) is 0.646. The third kappa shape index (κ3) is 4.10. The van der Waals surface area contributed by atoms with Gasteiger partial charge in [-0.1, -0.05) is 18.2 Å². The van der Waals surface area contributed by atoms with Crippen LogP contribution in [0.15, 0.2) is 42.5 Å². The summed E-state index contributed by atoms with van der Waals surface area (Å²) in [6, 6.07) is 11.7. The molecule has 0 fully saturated rings. The number of ether oxygens (including phenoxy) is 1. The van der Waals surface area contributed by atoms with Gasteiger partial charge in [0.05, 0.1) is 17.6 Å². The van der Waals surface area contributed by atoms with E-state index in [-0.39, 0.29) is 23.2 Å². The first-order valence-electron chi connectivity index (χ1n) is 7.71. The molecule has 0 heterocycles. The second kappa shape index (κ2) is 7.59. The van der Waals surface area contributed by atoms with Crippen LogP contribution in [0.25, 0.3) is 0 Å². The number of nitrogens with zero attached hydrogens (tertiary/aromatic N) is 1. The van der Waals surface area contributed by atoms with E-state index in [0.717, 1.165) is 11.3 Å². The molecule has 0 aliphatic heterocycles. The lowest BCUT2D eigenvalue weighted by atomic mass is 10.1. The van der Waals surface area contributed by atoms with Crippen molar-refractivity contribution in [1.82, 2.24) is 5.32 Å². The highest BCUT2D eigenvalue weighted by molar-refractivity contribution is 5.95. The molecule has 0 aliphatic carbocycles. The van der Waals surface area contributed by atoms with E-state index in [9.17, 15) is 14.9 Å². The minimum absolute atomic E-state index is 0.0589. The van der Waals surface area contributed by atoms with Crippen molar-refractivity contribution < 1.29 is 14.5 Å². The molecule has 1 N–H and O–H groups in total. The standard InChI is InChI=1S/C18H20N2O4/c1-4-24-16-9-7-14(8-10-16)13(3)19-18(21)15-6-5-12(2)17(11-15)20(22)23/h5-11,13H,4H2,1-3H3,(H,19,21)/t13-/m1/s1. The Balaban J connectivity index is 2.11. The van der Waals surface area contributed by atoms with E-state index in [2.05, 4.69) is 5.32 Å². The van der Waals surface area contributed by atoms with Crippen molar-refractivity contribution in [2.75, 3.05) is 6.61 Å². The molecular formula is C18H20N2O4. The van der Waals surface area contributed by atoms with Gasteiger partial charge in [-0.05, 0) is 44.5 Å². The highest BCUT2D eigenvalue weighted by Crippen LogP contribution is 2.21. The lowest BCUT2D eigenvalue weighted by Crippen LogP contribution is -2.26. The molecule has 0 unspecified atom stereocenters. The second-order valence-electron chi connectivity index (χ2n) is 5.46. The Morgan fingerprint density at radius 1 is 1.25 bits per heavy atom. The number of amides is 1. The predicted molar refractivity (Wildman–Crippen MR) is 91.3 cm³/mol. The van der Waals surface area contributed by atoms with Crippen LogP contribution in [0.3, 0.4) is 0 Å². The van der Waals surface area contributed by atoms with Crippen LogP contribution in [0.2, 0.25) is 0 Å². The van der Waals surface area contributed by atoms with Gasteiger partial charge in [-0.25, -0.2) is 0 Å². The molecule has 1 amide bonds. The molecule has 126 valence electrons. The monoisotopic (exact) mass is 328 g/mol. The number of hydrogen-bond acceptors (Lipinski definition) is 4. The van der Waals surface area contributed by atoms with E-state index in [1.54, 1.807) is 19.1 Å². The van der Waals surface area contributed by atoms with Crippen molar-refractivity contribution in [3.63, 3.8) is 0 Å². The maximum atomic E-state index is 12.3. The van der Waals surface area contributed by atoms with Crippen molar-refractivity contribution in [3.05, 3.63) is 69.3 Å². The van der Waals surface area contributed by atoms with Gasteiger partial charge in [-0.2, -0.15) is 0 Å². The summed E-state index contributed by atoms with van der Waals surface area (Å²) in [5.41, 5.74) is 1.66. The molecule has 0 aliphatic rings. The molecule has 1 atom stereocenters. The van der Waals surface area contributed by atoms with Crippen LogP contribution < -0.4 is 10.1 Å². The predicted octanol–water partition coefficient (Wildman–Crippen LogP) is 3.79. The number of carbonyl (C=O) groups is 1. The summed E-state index contributed by atoms with van der Waals surface area (Å²) in [4.78, 5) is 22.8. The Kier molecular flexibility index (Phi) is 5.52. The van der Waals surface area contributed by atoms with E-state index in [1.807, 2.05) is 38.1 Å². The van der Waals surface area contributed by atoms with Crippen molar-refractivity contribution in [1.29, 1.82) is 0 Å². The molecule has 0 aromatic heterocycles. The van der Waals surface area contributed by atoms with Gasteiger partial charge in [0.25, 0.3) is 11.6 Å². The zero-order chi connectivity index (χ0) is 17.7. The largest absolute Gasteiger partial charge is 0.494 e. The number of rotatable bonds is 6. The molecule has 0 bridgehead atoms. The molecule has 0 spiro atoms. The third-order valence-electron chi connectivity index (χ3n) is 3.71. The Morgan fingerprint density at radius 3 is 2.50 bits per heavy atom. The Hall–Kier alpha value is -2.89. The van der Waals surface area contributed by atoms with E-state index in [1.165, 1.54) is 6.07 Å². The first kappa shape index (κ1) is 17.5. The summed E-state index contributed by atoms with van der Waals surface area (Å²) in [5.74, 6) is 0.424. The zero-order valence-electron chi connectivity index (χ0n) is 13.9. The zero-order valence-corrected chi connectivity index (χ0v) is 13.9. The summed E-state index contributed by atoms with van der Waals surface area (Å²) in [7, 11) is 0. The van der Waals surface area contributed by atoms with Crippen LogP contribution in [0, 0.1) is 17.0 Å². The topological polar surface area (TPSA) is 81.5 Å². The normalized spacial score (nSPS) is 11.6. The molecule has 2 rings (SSSR count). The summed E-state index contributed by atoms with van der Waals surface area (Å²) < 4.78 is 5.39. The van der Waals surface area contributed by atoms with Gasteiger partial charge in [0, 0.05) is 17.2 Å². The second-order valence-corrected chi connectivity index (χ2v) is 5.46. The summed E-state index contributed by atoms with van der Waals surface area (Å²) in [5, 5.41) is 13.8. The van der Waals surface area contributed by atoms with Crippen molar-refractivity contribution in [3.8, 4) is 5.75 Å². The maximum absolute atomic E-state index is 12.3. The number of nitro benzene ring substituents is 1. The number of carbonyl (C=O) groups excluding carboxylic acids is 1. The molecular weight excluding hydrogens is 308 g/mol. The summed E-state index contributed by atoms with van der Waals surface area (Å²) in [6.45, 7) is 6.01. The smallest absolute Gasteiger partial charge is 0.273 e. The highest BCUT2D eigenvalue weighted by atomic mass is 16.6. The van der Waals surface area contributed by atoms with E-state index < -0.39 is 4.92 Å². The number of aryl methyl sites for hydroxylation is 1. The summed E-state index contributed by atoms with van der Waals surface area (Å²) in [6.07, 6.45) is 0. The lowest BCUT2D eigenvalue weighted by molar-refractivity contribution is -0.385. The number of benzene rings is 2. The minimum Gasteiger partial charge on any atom is -0.494 e. The average molecular weight is 328 g/mol. The van der Waals surface area contributed by atoms with Crippen molar-refractivity contribution in [2.45, 2.75) is 26.8 Å². The highest BCUT2D eigenvalue weighted by Gasteiger charge is 2.17. The first-order valence-corrected chi connectivity index (χ1v) is 7.71. The lowest BCUT2D eigenvalue weighted by Gasteiger charge is -2.15. The molecule has 0 saturated heterocycles. The molecule has 2 aromatic carbocycles. The average Bonchev–Trinajstić information content (AvgIpc) is 2.55. The Morgan fingerprint density at radius 2 is 1.92 bits per heavy atom. The van der Waals surface area contributed by atoms with Gasteiger partial charge < -0.3 is 10.1 Å². The molecule has 0 radical (unpaired) electrons. The minimum atomic E-state index is -0.484. The van der Waals surface area contributed by atoms with Crippen molar-refractivity contribution >= 4 is 11.6 Å². The van der Waals surface area contributed by atoms with Crippen LogP contribution in [-0.2, 0) is 0 Å². The fourth-order valence-corrected chi connectivity index (χ4v) is 2.33. The first-order chi connectivity index (χ1) is 11.4. The van der Waals surface area contributed by atoms with Crippen LogP contribution in [0.4, 0.5) is 5.69 Å². The van der Waals surface area contributed by atoms with E-state index in [0.29, 0.717) is 12.2 Å². The van der Waals surface area contributed by atoms with E-state index >= 15 is 0 Å². The van der Waals surface area contributed by atoms with Crippen LogP contribution in [0.1, 0.15) is 41.4 Å². The molecule has 24 heavy (non-hydrogen) atoms. The maximum Gasteiger partial charge on any atom is 0.273 e. The molecule has 2 aromatic rings. The van der Waals surface area contributed by atoms with Gasteiger partial charge in [0.15, 0.2) is 0 Å². The molecule has 6 heteroatoms. The van der Waals surface area contributed by atoms with Gasteiger partial charge in [-0.3, -0.25) is 14.9 Å². The number of nitro groups is 1.